The summed E-state index contributed by atoms with van der Waals surface area (Å²) in [6.07, 6.45) is -1.09. The van der Waals surface area contributed by atoms with Crippen molar-refractivity contribution < 1.29 is 23.7 Å². The highest BCUT2D eigenvalue weighted by Gasteiger charge is 2.36. The second-order valence-electron chi connectivity index (χ2n) is 5.91. The van der Waals surface area contributed by atoms with Gasteiger partial charge in [0.05, 0.1) is 34.5 Å². The van der Waals surface area contributed by atoms with Crippen LogP contribution in [-0.4, -0.2) is 73.5 Å². The molecule has 1 aromatic rings. The van der Waals surface area contributed by atoms with Crippen molar-refractivity contribution in [3.8, 4) is 17.2 Å². The summed E-state index contributed by atoms with van der Waals surface area (Å²) >= 11 is 23.6. The molecule has 0 radical (unpaired) electrons. The Hall–Kier alpha value is -1.39. The van der Waals surface area contributed by atoms with Gasteiger partial charge in [-0.2, -0.15) is 0 Å². The largest absolute Gasteiger partial charge is 0.493 e. The fourth-order valence-corrected chi connectivity index (χ4v) is 3.24. The van der Waals surface area contributed by atoms with Gasteiger partial charge in [0.1, 0.15) is 6.17 Å². The second kappa shape index (κ2) is 10.6. The predicted octanol–water partition coefficient (Wildman–Crippen LogP) is 2.35. The summed E-state index contributed by atoms with van der Waals surface area (Å²) in [5.74, 6) is 0.465. The lowest BCUT2D eigenvalue weighted by molar-refractivity contribution is 0.0671. The molecule has 162 valence electrons. The lowest BCUT2D eigenvalue weighted by Gasteiger charge is -2.34. The van der Waals surface area contributed by atoms with E-state index >= 15 is 0 Å². The molecule has 1 unspecified atom stereocenters. The van der Waals surface area contributed by atoms with Crippen LogP contribution >= 0.6 is 47.0 Å². The van der Waals surface area contributed by atoms with E-state index in [1.807, 2.05) is 4.90 Å². The maximum Gasteiger partial charge on any atom is 0.253 e. The predicted molar refractivity (Wildman–Crippen MR) is 116 cm³/mol. The Kier molecular flexibility index (Phi) is 8.72. The highest BCUT2D eigenvalue weighted by Crippen LogP contribution is 2.38. The Morgan fingerprint density at radius 1 is 1.10 bits per heavy atom. The number of carbonyl (C=O) groups excluding carboxylic acids is 1. The highest BCUT2D eigenvalue weighted by atomic mass is 35.6. The third-order valence-corrected chi connectivity index (χ3v) is 5.13. The molecule has 0 saturated carbocycles. The molecular weight excluding hydrogens is 465 g/mol. The number of hydrogen-bond donors (Lipinski definition) is 2. The fraction of sp³-hybridized carbons (Fsp3) is 0.529. The number of alkyl halides is 3. The van der Waals surface area contributed by atoms with E-state index in [4.69, 9.17) is 66.0 Å². The minimum absolute atomic E-state index is 0.220. The monoisotopic (exact) mass is 485 g/mol. The number of halogens is 3. The van der Waals surface area contributed by atoms with Gasteiger partial charge in [-0.15, -0.1) is 0 Å². The number of amides is 1. The third-order valence-electron chi connectivity index (χ3n) is 4.10. The molecule has 2 N–H and O–H groups in total. The smallest absolute Gasteiger partial charge is 0.253 e. The molecule has 1 fully saturated rings. The van der Waals surface area contributed by atoms with Gasteiger partial charge in [-0.3, -0.25) is 4.79 Å². The van der Waals surface area contributed by atoms with E-state index in [1.165, 1.54) is 33.5 Å². The van der Waals surface area contributed by atoms with Gasteiger partial charge in [0, 0.05) is 18.7 Å². The third kappa shape index (κ3) is 6.29. The fourth-order valence-electron chi connectivity index (χ4n) is 2.61. The first-order chi connectivity index (χ1) is 13.7. The molecule has 1 aromatic carbocycles. The van der Waals surface area contributed by atoms with Crippen molar-refractivity contribution in [1.29, 1.82) is 0 Å². The Balaban J connectivity index is 2.20. The van der Waals surface area contributed by atoms with Crippen molar-refractivity contribution in [2.24, 2.45) is 0 Å². The molecule has 12 heteroatoms. The molecule has 2 rings (SSSR count). The molecule has 8 nitrogen and oxygen atoms in total. The van der Waals surface area contributed by atoms with Gasteiger partial charge < -0.3 is 34.5 Å². The molecular formula is C17H22Cl3N3O5S. The SMILES string of the molecule is COc1cc(C(=O)NC(NC(=S)N2CCOCC2)C(Cl)(Cl)Cl)cc(OC)c1OC. The summed E-state index contributed by atoms with van der Waals surface area (Å²) in [6.45, 7) is 2.27. The maximum absolute atomic E-state index is 12.8. The first kappa shape index (κ1) is 23.9. The molecule has 1 amide bonds. The summed E-state index contributed by atoms with van der Waals surface area (Å²) in [5.41, 5.74) is 0.220. The number of nitrogens with zero attached hydrogens (tertiary/aromatic N) is 1. The molecule has 1 atom stereocenters. The normalized spacial score (nSPS) is 15.3. The molecule has 0 spiro atoms. The van der Waals surface area contributed by atoms with E-state index in [0.29, 0.717) is 48.7 Å². The van der Waals surface area contributed by atoms with E-state index in [1.54, 1.807) is 0 Å². The van der Waals surface area contributed by atoms with E-state index in [2.05, 4.69) is 10.6 Å². The van der Waals surface area contributed by atoms with Crippen molar-refractivity contribution in [3.05, 3.63) is 17.7 Å². The quantitative estimate of drug-likeness (QED) is 0.360. The zero-order valence-electron chi connectivity index (χ0n) is 16.1. The van der Waals surface area contributed by atoms with Crippen LogP contribution in [-0.2, 0) is 4.74 Å². The minimum Gasteiger partial charge on any atom is -0.493 e. The number of morpholine rings is 1. The number of carbonyl (C=O) groups is 1. The standard InChI is InChI=1S/C17H22Cl3N3O5S/c1-25-11-8-10(9-12(26-2)13(11)27-3)14(24)21-15(17(18,19)20)22-16(29)23-4-6-28-7-5-23/h8-9,15H,4-7H2,1-3H3,(H,21,24)(H,22,29). The zero-order chi connectivity index (χ0) is 21.6. The summed E-state index contributed by atoms with van der Waals surface area (Å²) in [4.78, 5) is 14.7. The Morgan fingerprint density at radius 2 is 1.66 bits per heavy atom. The van der Waals surface area contributed by atoms with Gasteiger partial charge in [-0.25, -0.2) is 0 Å². The van der Waals surface area contributed by atoms with Crippen molar-refractivity contribution in [1.82, 2.24) is 15.5 Å². The van der Waals surface area contributed by atoms with E-state index in [9.17, 15) is 4.79 Å². The van der Waals surface area contributed by atoms with Crippen LogP contribution in [0, 0.1) is 0 Å². The molecule has 1 saturated heterocycles. The molecule has 0 aromatic heterocycles. The van der Waals surface area contributed by atoms with Crippen molar-refractivity contribution in [2.45, 2.75) is 9.96 Å². The Labute approximate surface area is 189 Å². The second-order valence-corrected chi connectivity index (χ2v) is 8.67. The number of nitrogens with one attached hydrogen (secondary N) is 2. The number of benzene rings is 1. The Bertz CT molecular complexity index is 717. The number of rotatable bonds is 6. The molecule has 0 aliphatic carbocycles. The molecule has 1 aliphatic heterocycles. The van der Waals surface area contributed by atoms with Gasteiger partial charge >= 0.3 is 0 Å². The lowest BCUT2D eigenvalue weighted by atomic mass is 10.1. The van der Waals surface area contributed by atoms with Crippen LogP contribution in [0.4, 0.5) is 0 Å². The van der Waals surface area contributed by atoms with Gasteiger partial charge in [0.2, 0.25) is 9.54 Å². The summed E-state index contributed by atoms with van der Waals surface area (Å²) in [7, 11) is 4.37. The van der Waals surface area contributed by atoms with E-state index in [0.717, 1.165) is 0 Å². The van der Waals surface area contributed by atoms with Crippen LogP contribution < -0.4 is 24.8 Å². The number of thiocarbonyl (C=S) groups is 1. The van der Waals surface area contributed by atoms with Crippen molar-refractivity contribution in [2.75, 3.05) is 47.6 Å². The lowest BCUT2D eigenvalue weighted by Crippen LogP contribution is -2.59. The summed E-state index contributed by atoms with van der Waals surface area (Å²) in [6, 6.07) is 2.98. The maximum atomic E-state index is 12.8. The van der Waals surface area contributed by atoms with Crippen LogP contribution in [0.2, 0.25) is 0 Å². The first-order valence-electron chi connectivity index (χ1n) is 8.52. The topological polar surface area (TPSA) is 81.3 Å². The van der Waals surface area contributed by atoms with Crippen LogP contribution in [0.5, 0.6) is 17.2 Å². The van der Waals surface area contributed by atoms with E-state index in [-0.39, 0.29) is 5.56 Å². The first-order valence-corrected chi connectivity index (χ1v) is 10.1. The van der Waals surface area contributed by atoms with Crippen LogP contribution in [0.1, 0.15) is 10.4 Å². The van der Waals surface area contributed by atoms with Crippen molar-refractivity contribution in [3.63, 3.8) is 0 Å². The van der Waals surface area contributed by atoms with Crippen LogP contribution in [0.3, 0.4) is 0 Å². The number of hydrogen-bond acceptors (Lipinski definition) is 6. The molecule has 1 heterocycles. The average Bonchev–Trinajstić information content (AvgIpc) is 2.71. The summed E-state index contributed by atoms with van der Waals surface area (Å²) < 4.78 is 19.2. The van der Waals surface area contributed by atoms with Crippen LogP contribution in [0.15, 0.2) is 12.1 Å². The average molecular weight is 487 g/mol. The highest BCUT2D eigenvalue weighted by molar-refractivity contribution is 7.80. The minimum atomic E-state index is -1.87. The van der Waals surface area contributed by atoms with Crippen LogP contribution in [0.25, 0.3) is 0 Å². The summed E-state index contributed by atoms with van der Waals surface area (Å²) in [5, 5.41) is 5.88. The van der Waals surface area contributed by atoms with Gasteiger partial charge in [-0.1, -0.05) is 34.8 Å². The molecule has 29 heavy (non-hydrogen) atoms. The Morgan fingerprint density at radius 3 is 2.10 bits per heavy atom. The van der Waals surface area contributed by atoms with Gasteiger partial charge in [0.25, 0.3) is 5.91 Å². The van der Waals surface area contributed by atoms with Gasteiger partial charge in [0.15, 0.2) is 16.6 Å². The van der Waals surface area contributed by atoms with E-state index < -0.39 is 15.9 Å². The number of methoxy groups -OCH3 is 3. The molecule has 0 bridgehead atoms. The zero-order valence-corrected chi connectivity index (χ0v) is 19.2. The van der Waals surface area contributed by atoms with Gasteiger partial charge in [-0.05, 0) is 24.4 Å². The number of ether oxygens (including phenoxy) is 4. The van der Waals surface area contributed by atoms with Crippen molar-refractivity contribution >= 4 is 58.0 Å². The molecule has 1 aliphatic rings.